The van der Waals surface area contributed by atoms with E-state index in [4.69, 9.17) is 31.6 Å². The number of halogens is 2. The highest BCUT2D eigenvalue weighted by molar-refractivity contribution is 8.22. The Balaban J connectivity index is 3.29. The van der Waals surface area contributed by atoms with Crippen molar-refractivity contribution in [2.45, 2.75) is 4.90 Å². The van der Waals surface area contributed by atoms with Gasteiger partial charge in [-0.3, -0.25) is 9.11 Å². The van der Waals surface area contributed by atoms with Crippen molar-refractivity contribution in [3.05, 3.63) is 23.0 Å². The minimum atomic E-state index is -3.44. The highest BCUT2D eigenvalue weighted by Gasteiger charge is 2.14. The Morgan fingerprint density at radius 2 is 1.92 bits per heavy atom. The molecule has 0 aliphatic heterocycles. The summed E-state index contributed by atoms with van der Waals surface area (Å²) in [6, 6.07) is 1.96. The van der Waals surface area contributed by atoms with Crippen molar-refractivity contribution in [2.75, 3.05) is 5.73 Å². The van der Waals surface area contributed by atoms with Crippen LogP contribution < -0.4 is 10.9 Å². The molecule has 6 N–H and O–H groups in total. The average molecular weight is 227 g/mol. The number of hydrogen-bond acceptors (Lipinski definition) is 4. The average Bonchev–Trinajstić information content (AvgIpc) is 1.97. The summed E-state index contributed by atoms with van der Waals surface area (Å²) in [5, 5.41) is 4.88. The summed E-state index contributed by atoms with van der Waals surface area (Å²) in [7, 11) is -3.44. The molecule has 1 aromatic rings. The van der Waals surface area contributed by atoms with Crippen molar-refractivity contribution in [1.82, 2.24) is 0 Å². The fourth-order valence-electron chi connectivity index (χ4n) is 0.734. The highest BCUT2D eigenvalue weighted by Crippen LogP contribution is 2.42. The fourth-order valence-corrected chi connectivity index (χ4v) is 1.58. The zero-order valence-electron chi connectivity index (χ0n) is 6.37. The number of nitrogens with two attached hydrogens (primary N) is 2. The molecule has 0 heterocycles. The molecule has 7 heteroatoms. The lowest BCUT2D eigenvalue weighted by Crippen LogP contribution is -2.09. The predicted octanol–water partition coefficient (Wildman–Crippen LogP) is 2.04. The lowest BCUT2D eigenvalue weighted by molar-refractivity contribution is 0.487. The number of anilines is 1. The van der Waals surface area contributed by atoms with E-state index < -0.39 is 16.6 Å². The maximum Gasteiger partial charge on any atom is 0.149 e. The molecular weight excluding hydrogens is 219 g/mol. The van der Waals surface area contributed by atoms with Gasteiger partial charge in [0.05, 0.1) is 15.6 Å². The molecule has 0 radical (unpaired) electrons. The third-order valence-corrected chi connectivity index (χ3v) is 2.64. The van der Waals surface area contributed by atoms with Crippen molar-refractivity contribution >= 4 is 28.1 Å². The van der Waals surface area contributed by atoms with Crippen molar-refractivity contribution in [3.63, 3.8) is 0 Å². The Labute approximate surface area is 80.8 Å². The molecule has 74 valence electrons. The van der Waals surface area contributed by atoms with Gasteiger partial charge in [-0.2, -0.15) is 0 Å². The quantitative estimate of drug-likeness (QED) is 0.552. The van der Waals surface area contributed by atoms with Crippen LogP contribution in [0.2, 0.25) is 5.02 Å². The Morgan fingerprint density at radius 3 is 2.31 bits per heavy atom. The van der Waals surface area contributed by atoms with Crippen molar-refractivity contribution in [1.29, 1.82) is 0 Å². The standard InChI is InChI=1S/C6H8ClFN2O2S/c7-4-1-3(13(10,11)12)2-5(8)6(4)9/h1-2,11-12H,9-10H2. The van der Waals surface area contributed by atoms with Crippen molar-refractivity contribution in [2.24, 2.45) is 5.14 Å². The van der Waals surface area contributed by atoms with Crippen LogP contribution in [-0.4, -0.2) is 9.11 Å². The van der Waals surface area contributed by atoms with Crippen LogP contribution in [0.3, 0.4) is 0 Å². The maximum atomic E-state index is 12.9. The van der Waals surface area contributed by atoms with Crippen LogP contribution in [-0.2, 0) is 0 Å². The smallest absolute Gasteiger partial charge is 0.149 e. The van der Waals surface area contributed by atoms with Crippen LogP contribution in [0.15, 0.2) is 17.0 Å². The van der Waals surface area contributed by atoms with Crippen molar-refractivity contribution < 1.29 is 13.5 Å². The molecule has 0 saturated carbocycles. The Morgan fingerprint density at radius 1 is 1.38 bits per heavy atom. The fraction of sp³-hybridized carbons (Fsp3) is 0. The second-order valence-electron chi connectivity index (χ2n) is 2.39. The minimum Gasteiger partial charge on any atom is -0.395 e. The molecule has 1 aromatic carbocycles. The topological polar surface area (TPSA) is 92.5 Å². The van der Waals surface area contributed by atoms with E-state index in [9.17, 15) is 4.39 Å². The summed E-state index contributed by atoms with van der Waals surface area (Å²) in [5.74, 6) is -0.826. The molecule has 0 aromatic heterocycles. The summed E-state index contributed by atoms with van der Waals surface area (Å²) in [5.41, 5.74) is 4.95. The molecule has 0 bridgehead atoms. The van der Waals surface area contributed by atoms with E-state index in [0.29, 0.717) is 0 Å². The van der Waals surface area contributed by atoms with Gasteiger partial charge in [0.15, 0.2) is 0 Å². The molecule has 0 fully saturated rings. The van der Waals surface area contributed by atoms with Crippen LogP contribution in [0.5, 0.6) is 0 Å². The van der Waals surface area contributed by atoms with Gasteiger partial charge in [-0.1, -0.05) is 11.6 Å². The minimum absolute atomic E-state index is 0.0968. The number of hydrogen-bond donors (Lipinski definition) is 4. The summed E-state index contributed by atoms with van der Waals surface area (Å²) in [4.78, 5) is -0.177. The summed E-state index contributed by atoms with van der Waals surface area (Å²) in [6.07, 6.45) is 0. The first-order valence-electron chi connectivity index (χ1n) is 3.13. The predicted molar refractivity (Wildman–Crippen MR) is 51.1 cm³/mol. The van der Waals surface area contributed by atoms with Gasteiger partial charge >= 0.3 is 0 Å². The molecule has 0 aliphatic carbocycles. The van der Waals surface area contributed by atoms with Gasteiger partial charge in [0.25, 0.3) is 0 Å². The maximum absolute atomic E-state index is 12.9. The Hall–Kier alpha value is -0.530. The molecule has 4 nitrogen and oxygen atoms in total. The van der Waals surface area contributed by atoms with Crippen LogP contribution in [0.25, 0.3) is 0 Å². The SMILES string of the molecule is Nc1c(F)cc(S(N)(O)O)cc1Cl. The first-order valence-corrected chi connectivity index (χ1v) is 5.11. The van der Waals surface area contributed by atoms with Gasteiger partial charge in [-0.25, -0.2) is 9.53 Å². The zero-order valence-corrected chi connectivity index (χ0v) is 7.94. The van der Waals surface area contributed by atoms with Crippen molar-refractivity contribution in [3.8, 4) is 0 Å². The van der Waals surface area contributed by atoms with E-state index >= 15 is 0 Å². The summed E-state index contributed by atoms with van der Waals surface area (Å²) < 4.78 is 30.9. The second kappa shape index (κ2) is 3.32. The molecule has 0 amide bonds. The monoisotopic (exact) mass is 226 g/mol. The van der Waals surface area contributed by atoms with Gasteiger partial charge in [0.1, 0.15) is 5.82 Å². The van der Waals surface area contributed by atoms with Crippen LogP contribution >= 0.6 is 22.4 Å². The van der Waals surface area contributed by atoms with Gasteiger partial charge in [0.2, 0.25) is 0 Å². The third kappa shape index (κ3) is 2.23. The molecule has 0 unspecified atom stereocenters. The van der Waals surface area contributed by atoms with Crippen LogP contribution in [0.1, 0.15) is 0 Å². The van der Waals surface area contributed by atoms with E-state index in [0.717, 1.165) is 12.1 Å². The first-order chi connectivity index (χ1) is 5.82. The molecule has 13 heavy (non-hydrogen) atoms. The summed E-state index contributed by atoms with van der Waals surface area (Å²) in [6.45, 7) is 0. The van der Waals surface area contributed by atoms with E-state index in [2.05, 4.69) is 0 Å². The number of benzene rings is 1. The second-order valence-corrected chi connectivity index (χ2v) is 4.46. The molecule has 0 spiro atoms. The Kier molecular flexibility index (Phi) is 2.69. The number of rotatable bonds is 1. The summed E-state index contributed by atoms with van der Waals surface area (Å²) >= 11 is 5.50. The zero-order chi connectivity index (χ0) is 10.2. The highest BCUT2D eigenvalue weighted by atomic mass is 35.5. The molecule has 1 rings (SSSR count). The normalized spacial score (nSPS) is 13.0. The lowest BCUT2D eigenvalue weighted by Gasteiger charge is -2.26. The van der Waals surface area contributed by atoms with E-state index in [-0.39, 0.29) is 15.6 Å². The largest absolute Gasteiger partial charge is 0.395 e. The molecule has 0 aliphatic rings. The van der Waals surface area contributed by atoms with Gasteiger partial charge < -0.3 is 5.73 Å². The molecule has 0 atom stereocenters. The lowest BCUT2D eigenvalue weighted by atomic mass is 10.3. The van der Waals surface area contributed by atoms with Gasteiger partial charge in [-0.15, -0.1) is 10.8 Å². The molecule has 0 saturated heterocycles. The van der Waals surface area contributed by atoms with Gasteiger partial charge in [0, 0.05) is 6.07 Å². The van der Waals surface area contributed by atoms with Crippen LogP contribution in [0.4, 0.5) is 10.1 Å². The Bertz CT molecular complexity index is 319. The van der Waals surface area contributed by atoms with Gasteiger partial charge in [-0.05, 0) is 6.07 Å². The van der Waals surface area contributed by atoms with E-state index in [1.807, 2.05) is 0 Å². The molecular formula is C6H8ClFN2O2S. The van der Waals surface area contributed by atoms with E-state index in [1.165, 1.54) is 0 Å². The number of nitrogen functional groups attached to an aromatic ring is 1. The first kappa shape index (κ1) is 10.6. The van der Waals surface area contributed by atoms with E-state index in [1.54, 1.807) is 0 Å². The third-order valence-electron chi connectivity index (χ3n) is 1.40. The van der Waals surface area contributed by atoms with Crippen LogP contribution in [0, 0.1) is 5.82 Å².